The van der Waals surface area contributed by atoms with Crippen LogP contribution < -0.4 is 14.8 Å². The van der Waals surface area contributed by atoms with Gasteiger partial charge in [0.15, 0.2) is 11.5 Å². The normalized spacial score (nSPS) is 12.6. The van der Waals surface area contributed by atoms with E-state index in [1.54, 1.807) is 0 Å². The molecule has 0 radical (unpaired) electrons. The smallest absolute Gasteiger partial charge is 0.231 e. The Balaban J connectivity index is 1.47. The van der Waals surface area contributed by atoms with Crippen molar-refractivity contribution in [3.8, 4) is 17.2 Å². The van der Waals surface area contributed by atoms with Crippen LogP contribution in [0.3, 0.4) is 0 Å². The van der Waals surface area contributed by atoms with E-state index in [0.717, 1.165) is 51.7 Å². The molecule has 0 unspecified atom stereocenters. The van der Waals surface area contributed by atoms with Crippen LogP contribution in [0, 0.1) is 13.8 Å². The number of hydrogen-bond donors (Lipinski definition) is 1. The predicted molar refractivity (Wildman–Crippen MR) is 104 cm³/mol. The van der Waals surface area contributed by atoms with Crippen LogP contribution in [0.4, 0.5) is 0 Å². The van der Waals surface area contributed by atoms with Gasteiger partial charge in [0.2, 0.25) is 6.79 Å². The molecule has 0 saturated carbocycles. The number of fused-ring (bicyclic) bond motifs is 1. The molecule has 1 aliphatic rings. The molecule has 0 saturated heterocycles. The Morgan fingerprint density at radius 2 is 1.92 bits per heavy atom. The molecule has 5 nitrogen and oxygen atoms in total. The fraction of sp³-hybridized carbons (Fsp3) is 0.250. The fourth-order valence-electron chi connectivity index (χ4n) is 3.21. The number of nitrogens with zero attached hydrogens (tertiary/aromatic N) is 2. The summed E-state index contributed by atoms with van der Waals surface area (Å²) < 4.78 is 13.8. The van der Waals surface area contributed by atoms with Crippen molar-refractivity contribution in [2.24, 2.45) is 0 Å². The highest BCUT2D eigenvalue weighted by Crippen LogP contribution is 2.39. The Morgan fingerprint density at radius 1 is 1.12 bits per heavy atom. The van der Waals surface area contributed by atoms with Crippen molar-refractivity contribution < 1.29 is 9.47 Å². The van der Waals surface area contributed by atoms with Gasteiger partial charge in [-0.25, -0.2) is 4.68 Å². The van der Waals surface area contributed by atoms with Crippen molar-refractivity contribution in [1.29, 1.82) is 0 Å². The number of nitrogens with one attached hydrogen (secondary N) is 1. The highest BCUT2D eigenvalue weighted by Gasteiger charge is 2.18. The second kappa shape index (κ2) is 7.13. The van der Waals surface area contributed by atoms with Crippen LogP contribution in [0.5, 0.6) is 11.5 Å². The lowest BCUT2D eigenvalue weighted by Crippen LogP contribution is -2.14. The monoisotopic (exact) mass is 413 g/mol. The molecule has 26 heavy (non-hydrogen) atoms. The summed E-state index contributed by atoms with van der Waals surface area (Å²) in [6, 6.07) is 14.3. The lowest BCUT2D eigenvalue weighted by Gasteiger charge is -2.08. The maximum absolute atomic E-state index is 5.48. The van der Waals surface area contributed by atoms with Crippen LogP contribution in [0.1, 0.15) is 22.5 Å². The standard InChI is InChI=1S/C20H20BrN3O2/c1-13-17(14(2)24(23-13)16-6-4-3-5-7-16)11-22-10-15-8-18(21)20-19(9-15)25-12-26-20/h3-9,22H,10-12H2,1-2H3. The number of ether oxygens (including phenoxy) is 2. The van der Waals surface area contributed by atoms with E-state index in [0.29, 0.717) is 0 Å². The molecule has 0 bridgehead atoms. The molecular weight excluding hydrogens is 394 g/mol. The van der Waals surface area contributed by atoms with Gasteiger partial charge in [-0.1, -0.05) is 18.2 Å². The van der Waals surface area contributed by atoms with Crippen molar-refractivity contribution in [1.82, 2.24) is 15.1 Å². The third kappa shape index (κ3) is 3.22. The van der Waals surface area contributed by atoms with Gasteiger partial charge in [0, 0.05) is 24.3 Å². The Bertz CT molecular complexity index is 938. The van der Waals surface area contributed by atoms with Crippen LogP contribution >= 0.6 is 15.9 Å². The summed E-state index contributed by atoms with van der Waals surface area (Å²) in [4.78, 5) is 0. The number of benzene rings is 2. The number of rotatable bonds is 5. The molecule has 0 spiro atoms. The molecule has 0 amide bonds. The lowest BCUT2D eigenvalue weighted by atomic mass is 10.1. The Labute approximate surface area is 161 Å². The first-order valence-electron chi connectivity index (χ1n) is 8.52. The molecule has 4 rings (SSSR count). The van der Waals surface area contributed by atoms with E-state index in [4.69, 9.17) is 14.6 Å². The average Bonchev–Trinajstić information content (AvgIpc) is 3.22. The number of halogens is 1. The molecule has 1 aromatic heterocycles. The van der Waals surface area contributed by atoms with E-state index in [1.165, 1.54) is 5.56 Å². The topological polar surface area (TPSA) is 48.3 Å². The lowest BCUT2D eigenvalue weighted by molar-refractivity contribution is 0.173. The first kappa shape index (κ1) is 17.1. The molecule has 0 fully saturated rings. The van der Waals surface area contributed by atoms with Crippen molar-refractivity contribution in [2.75, 3.05) is 6.79 Å². The van der Waals surface area contributed by atoms with E-state index in [2.05, 4.69) is 53.3 Å². The molecular formula is C20H20BrN3O2. The largest absolute Gasteiger partial charge is 0.454 e. The van der Waals surface area contributed by atoms with Crippen LogP contribution in [-0.2, 0) is 13.1 Å². The zero-order valence-electron chi connectivity index (χ0n) is 14.8. The second-order valence-corrected chi connectivity index (χ2v) is 7.17. The summed E-state index contributed by atoms with van der Waals surface area (Å²) in [5.41, 5.74) is 5.67. The average molecular weight is 414 g/mol. The van der Waals surface area contributed by atoms with Gasteiger partial charge in [0.1, 0.15) is 0 Å². The Hall–Kier alpha value is -2.31. The molecule has 3 aromatic rings. The summed E-state index contributed by atoms with van der Waals surface area (Å²) in [6.07, 6.45) is 0. The second-order valence-electron chi connectivity index (χ2n) is 6.31. The van der Waals surface area contributed by atoms with Crippen molar-refractivity contribution in [3.05, 3.63) is 69.5 Å². The van der Waals surface area contributed by atoms with Crippen LogP contribution in [-0.4, -0.2) is 16.6 Å². The van der Waals surface area contributed by atoms with E-state index >= 15 is 0 Å². The predicted octanol–water partition coefficient (Wildman–Crippen LogP) is 4.27. The van der Waals surface area contributed by atoms with E-state index in [1.807, 2.05) is 28.9 Å². The van der Waals surface area contributed by atoms with Gasteiger partial charge in [-0.05, 0) is 59.6 Å². The summed E-state index contributed by atoms with van der Waals surface area (Å²) in [7, 11) is 0. The zero-order chi connectivity index (χ0) is 18.1. The maximum Gasteiger partial charge on any atom is 0.231 e. The van der Waals surface area contributed by atoms with E-state index < -0.39 is 0 Å². The molecule has 6 heteroatoms. The number of para-hydroxylation sites is 1. The summed E-state index contributed by atoms with van der Waals surface area (Å²) in [5.74, 6) is 1.57. The molecule has 0 aliphatic carbocycles. The third-order valence-corrected chi connectivity index (χ3v) is 5.15. The quantitative estimate of drug-likeness (QED) is 0.678. The highest BCUT2D eigenvalue weighted by atomic mass is 79.9. The molecule has 1 aliphatic heterocycles. The van der Waals surface area contributed by atoms with Gasteiger partial charge in [-0.3, -0.25) is 0 Å². The molecule has 0 atom stereocenters. The minimum Gasteiger partial charge on any atom is -0.454 e. The van der Waals surface area contributed by atoms with Crippen molar-refractivity contribution in [2.45, 2.75) is 26.9 Å². The highest BCUT2D eigenvalue weighted by molar-refractivity contribution is 9.10. The molecule has 1 N–H and O–H groups in total. The molecule has 134 valence electrons. The van der Waals surface area contributed by atoms with Gasteiger partial charge in [0.25, 0.3) is 0 Å². The molecule has 2 heterocycles. The number of hydrogen-bond acceptors (Lipinski definition) is 4. The van der Waals surface area contributed by atoms with Gasteiger partial charge < -0.3 is 14.8 Å². The third-order valence-electron chi connectivity index (χ3n) is 4.56. The first-order valence-corrected chi connectivity index (χ1v) is 9.32. The summed E-state index contributed by atoms with van der Waals surface area (Å²) >= 11 is 3.54. The summed E-state index contributed by atoms with van der Waals surface area (Å²) in [6.45, 7) is 5.95. The minimum absolute atomic E-state index is 0.280. The maximum atomic E-state index is 5.48. The van der Waals surface area contributed by atoms with Gasteiger partial charge in [0.05, 0.1) is 15.9 Å². The molecule has 2 aromatic carbocycles. The van der Waals surface area contributed by atoms with Crippen LogP contribution in [0.2, 0.25) is 0 Å². The van der Waals surface area contributed by atoms with Crippen LogP contribution in [0.25, 0.3) is 5.69 Å². The SMILES string of the molecule is Cc1nn(-c2ccccc2)c(C)c1CNCc1cc(Br)c2c(c1)OCO2. The zero-order valence-corrected chi connectivity index (χ0v) is 16.3. The number of aryl methyl sites for hydroxylation is 1. The fourth-order valence-corrected chi connectivity index (χ4v) is 3.81. The minimum atomic E-state index is 0.280. The van der Waals surface area contributed by atoms with Gasteiger partial charge in [-0.2, -0.15) is 5.10 Å². The Kier molecular flexibility index (Phi) is 4.70. The van der Waals surface area contributed by atoms with Gasteiger partial charge >= 0.3 is 0 Å². The van der Waals surface area contributed by atoms with Crippen LogP contribution in [0.15, 0.2) is 46.9 Å². The summed E-state index contributed by atoms with van der Waals surface area (Å²) in [5, 5.41) is 8.21. The van der Waals surface area contributed by atoms with Gasteiger partial charge in [-0.15, -0.1) is 0 Å². The Morgan fingerprint density at radius 3 is 2.73 bits per heavy atom. The number of aromatic nitrogens is 2. The van der Waals surface area contributed by atoms with E-state index in [-0.39, 0.29) is 6.79 Å². The van der Waals surface area contributed by atoms with E-state index in [9.17, 15) is 0 Å². The van der Waals surface area contributed by atoms with Crippen molar-refractivity contribution >= 4 is 15.9 Å². The first-order chi connectivity index (χ1) is 12.6. The van der Waals surface area contributed by atoms with Crippen molar-refractivity contribution in [3.63, 3.8) is 0 Å².